The van der Waals surface area contributed by atoms with Gasteiger partial charge in [-0.05, 0) is 132 Å². The van der Waals surface area contributed by atoms with Crippen LogP contribution in [0.4, 0.5) is 0 Å². The zero-order valence-corrected chi connectivity index (χ0v) is 29.3. The Kier molecular flexibility index (Phi) is 9.87. The molecule has 0 N–H and O–H groups in total. The topological polar surface area (TPSA) is 0 Å². The Morgan fingerprint density at radius 1 is 0.348 bits per heavy atom. The molecule has 6 aromatic carbocycles. The lowest BCUT2D eigenvalue weighted by molar-refractivity contribution is 1.10. The SMILES string of the molecule is Cc1ccccc1-c1ccc(-c2ccccc2C)c([C@@H](C)SS[C@H](C)c2cc(-c3ccccc3C)ccc2-c2ccccc2C)c1. The highest BCUT2D eigenvalue weighted by Gasteiger charge is 2.21. The van der Waals surface area contributed by atoms with E-state index in [0.29, 0.717) is 0 Å². The van der Waals surface area contributed by atoms with Crippen LogP contribution in [0.2, 0.25) is 0 Å². The largest absolute Gasteiger partial charge is 0.0856 e. The molecule has 2 atom stereocenters. The molecule has 0 bridgehead atoms. The average Bonchev–Trinajstić information content (AvgIpc) is 3.07. The lowest BCUT2D eigenvalue weighted by Crippen LogP contribution is -1.98. The van der Waals surface area contributed by atoms with E-state index < -0.39 is 0 Å². The van der Waals surface area contributed by atoms with Crippen LogP contribution in [-0.2, 0) is 0 Å². The molecule has 46 heavy (non-hydrogen) atoms. The highest BCUT2D eigenvalue weighted by atomic mass is 33.1. The van der Waals surface area contributed by atoms with Gasteiger partial charge in [-0.2, -0.15) is 0 Å². The van der Waals surface area contributed by atoms with Crippen LogP contribution < -0.4 is 0 Å². The van der Waals surface area contributed by atoms with E-state index >= 15 is 0 Å². The van der Waals surface area contributed by atoms with Gasteiger partial charge in [0.15, 0.2) is 0 Å². The first kappa shape index (κ1) is 32.0. The van der Waals surface area contributed by atoms with Crippen LogP contribution in [0.1, 0.15) is 57.7 Å². The van der Waals surface area contributed by atoms with E-state index in [9.17, 15) is 0 Å². The van der Waals surface area contributed by atoms with Gasteiger partial charge >= 0.3 is 0 Å². The van der Waals surface area contributed by atoms with Crippen LogP contribution in [0.3, 0.4) is 0 Å². The molecule has 2 heteroatoms. The van der Waals surface area contributed by atoms with E-state index in [-0.39, 0.29) is 10.5 Å². The van der Waals surface area contributed by atoms with Gasteiger partial charge in [0.2, 0.25) is 0 Å². The van der Waals surface area contributed by atoms with E-state index in [1.54, 1.807) is 0 Å². The van der Waals surface area contributed by atoms with Crippen molar-refractivity contribution in [3.05, 3.63) is 167 Å². The van der Waals surface area contributed by atoms with Gasteiger partial charge in [0.05, 0.1) is 0 Å². The van der Waals surface area contributed by atoms with E-state index in [0.717, 1.165) is 0 Å². The van der Waals surface area contributed by atoms with E-state index in [1.807, 2.05) is 21.6 Å². The molecule has 6 aromatic rings. The molecule has 0 amide bonds. The van der Waals surface area contributed by atoms with Gasteiger partial charge in [-0.3, -0.25) is 0 Å². The smallest absolute Gasteiger partial charge is 0.0379 e. The number of hydrogen-bond donors (Lipinski definition) is 0. The lowest BCUT2D eigenvalue weighted by Gasteiger charge is -2.23. The Labute approximate surface area is 283 Å². The van der Waals surface area contributed by atoms with Gasteiger partial charge in [-0.15, -0.1) is 0 Å². The van der Waals surface area contributed by atoms with E-state index in [2.05, 4.69) is 175 Å². The van der Waals surface area contributed by atoms with E-state index in [4.69, 9.17) is 0 Å². The summed E-state index contributed by atoms with van der Waals surface area (Å²) in [5.41, 5.74) is 18.4. The minimum atomic E-state index is 0.285. The molecule has 0 aliphatic heterocycles. The van der Waals surface area contributed by atoms with Crippen LogP contribution in [0.25, 0.3) is 44.5 Å². The Hall–Kier alpha value is -3.98. The summed E-state index contributed by atoms with van der Waals surface area (Å²) >= 11 is 0. The summed E-state index contributed by atoms with van der Waals surface area (Å²) in [6.07, 6.45) is 0. The standard InChI is InChI=1S/C44H42S2/c1-29-15-7-11-19-37(29)35-23-25-41(39-21-13-9-17-31(39)3)43(27-35)33(5)45-46-34(6)44-28-36(38-20-12-8-16-30(38)2)24-26-42(44)40-22-14-10-18-32(40)4/h7-28,33-34H,1-6H3/t33-,34-/m1/s1. The second kappa shape index (κ2) is 14.2. The molecule has 0 spiro atoms. The minimum absolute atomic E-state index is 0.285. The Bertz CT molecular complexity index is 1840. The Morgan fingerprint density at radius 2 is 0.652 bits per heavy atom. The van der Waals surface area contributed by atoms with Crippen molar-refractivity contribution < 1.29 is 0 Å². The molecule has 0 fully saturated rings. The monoisotopic (exact) mass is 634 g/mol. The number of rotatable bonds is 9. The quantitative estimate of drug-likeness (QED) is 0.145. The minimum Gasteiger partial charge on any atom is -0.0856 e. The Morgan fingerprint density at radius 3 is 0.978 bits per heavy atom. The summed E-state index contributed by atoms with van der Waals surface area (Å²) in [7, 11) is 3.97. The Balaban J connectivity index is 1.37. The predicted molar refractivity (Wildman–Crippen MR) is 206 cm³/mol. The van der Waals surface area contributed by atoms with Crippen molar-refractivity contribution >= 4 is 21.6 Å². The summed E-state index contributed by atoms with van der Waals surface area (Å²) < 4.78 is 0. The molecule has 0 aliphatic rings. The van der Waals surface area contributed by atoms with Crippen molar-refractivity contribution in [2.24, 2.45) is 0 Å². The fourth-order valence-electron chi connectivity index (χ4n) is 6.44. The summed E-state index contributed by atoms with van der Waals surface area (Å²) in [5, 5.41) is 0.569. The van der Waals surface area contributed by atoms with Crippen molar-refractivity contribution in [3.8, 4) is 44.5 Å². The molecule has 0 saturated heterocycles. The molecule has 0 heterocycles. The van der Waals surface area contributed by atoms with Gasteiger partial charge in [-0.1, -0.05) is 143 Å². The molecule has 0 saturated carbocycles. The fraction of sp³-hybridized carbons (Fsp3) is 0.182. The fourth-order valence-corrected chi connectivity index (χ4v) is 8.99. The zero-order valence-electron chi connectivity index (χ0n) is 27.7. The molecule has 0 radical (unpaired) electrons. The molecular formula is C44H42S2. The predicted octanol–water partition coefficient (Wildman–Crippen LogP) is 13.8. The third-order valence-electron chi connectivity index (χ3n) is 9.11. The van der Waals surface area contributed by atoms with Crippen molar-refractivity contribution in [2.45, 2.75) is 52.0 Å². The molecular weight excluding hydrogens is 593 g/mol. The molecule has 0 aliphatic carbocycles. The van der Waals surface area contributed by atoms with Gasteiger partial charge in [0, 0.05) is 10.5 Å². The number of benzene rings is 6. The second-order valence-electron chi connectivity index (χ2n) is 12.3. The van der Waals surface area contributed by atoms with Crippen molar-refractivity contribution in [2.75, 3.05) is 0 Å². The normalized spacial score (nSPS) is 12.6. The number of aryl methyl sites for hydroxylation is 4. The average molecular weight is 635 g/mol. The third kappa shape index (κ3) is 6.75. The van der Waals surface area contributed by atoms with Gasteiger partial charge in [0.25, 0.3) is 0 Å². The summed E-state index contributed by atoms with van der Waals surface area (Å²) in [6, 6.07) is 49.1. The first-order chi connectivity index (χ1) is 22.3. The maximum absolute atomic E-state index is 2.44. The van der Waals surface area contributed by atoms with Crippen molar-refractivity contribution in [1.29, 1.82) is 0 Å². The molecule has 0 nitrogen and oxygen atoms in total. The summed E-state index contributed by atoms with van der Waals surface area (Å²) in [5.74, 6) is 0. The van der Waals surface area contributed by atoms with Gasteiger partial charge < -0.3 is 0 Å². The third-order valence-corrected chi connectivity index (χ3v) is 12.4. The highest BCUT2D eigenvalue weighted by molar-refractivity contribution is 8.76. The van der Waals surface area contributed by atoms with Crippen LogP contribution in [0.15, 0.2) is 133 Å². The second-order valence-corrected chi connectivity index (χ2v) is 15.3. The van der Waals surface area contributed by atoms with Gasteiger partial charge in [0.1, 0.15) is 0 Å². The van der Waals surface area contributed by atoms with Gasteiger partial charge in [-0.25, -0.2) is 0 Å². The van der Waals surface area contributed by atoms with E-state index in [1.165, 1.54) is 77.9 Å². The van der Waals surface area contributed by atoms with Crippen LogP contribution in [0, 0.1) is 27.7 Å². The van der Waals surface area contributed by atoms with Crippen LogP contribution in [0.5, 0.6) is 0 Å². The molecule has 0 unspecified atom stereocenters. The molecule has 230 valence electrons. The first-order valence-electron chi connectivity index (χ1n) is 16.2. The maximum atomic E-state index is 2.44. The molecule has 0 aromatic heterocycles. The lowest BCUT2D eigenvalue weighted by atomic mass is 9.90. The highest BCUT2D eigenvalue weighted by Crippen LogP contribution is 2.50. The zero-order chi connectivity index (χ0) is 32.2. The first-order valence-corrected chi connectivity index (χ1v) is 18.4. The number of hydrogen-bond acceptors (Lipinski definition) is 2. The summed E-state index contributed by atoms with van der Waals surface area (Å²) in [6.45, 7) is 13.6. The molecule has 6 rings (SSSR count). The van der Waals surface area contributed by atoms with Crippen LogP contribution in [-0.4, -0.2) is 0 Å². The van der Waals surface area contributed by atoms with Crippen molar-refractivity contribution in [1.82, 2.24) is 0 Å². The van der Waals surface area contributed by atoms with Crippen LogP contribution >= 0.6 is 21.6 Å². The maximum Gasteiger partial charge on any atom is 0.0379 e. The van der Waals surface area contributed by atoms with Crippen molar-refractivity contribution in [3.63, 3.8) is 0 Å². The summed E-state index contributed by atoms with van der Waals surface area (Å²) in [4.78, 5) is 0.